The van der Waals surface area contributed by atoms with E-state index in [0.29, 0.717) is 12.0 Å². The maximum absolute atomic E-state index is 11.1. The zero-order valence-electron chi connectivity index (χ0n) is 7.53. The van der Waals surface area contributed by atoms with Gasteiger partial charge in [0.2, 0.25) is 5.43 Å². The summed E-state index contributed by atoms with van der Waals surface area (Å²) in [5.41, 5.74) is 0.331. The Bertz CT molecular complexity index is 367. The third kappa shape index (κ3) is 2.44. The molecule has 0 spiro atoms. The molecule has 0 saturated carbocycles. The summed E-state index contributed by atoms with van der Waals surface area (Å²) < 4.78 is 0. The molecule has 0 amide bonds. The highest BCUT2D eigenvalue weighted by Gasteiger charge is 1.99. The van der Waals surface area contributed by atoms with Crippen LogP contribution < -0.4 is 5.43 Å². The minimum absolute atomic E-state index is 0.150. The lowest BCUT2D eigenvalue weighted by Crippen LogP contribution is -1.95. The molecule has 0 aromatic heterocycles. The Balaban J connectivity index is 3.16. The molecule has 0 atom stereocenters. The predicted molar refractivity (Wildman–Crippen MR) is 52.9 cm³/mol. The average molecular weight is 176 g/mol. The van der Waals surface area contributed by atoms with Crippen LogP contribution in [0.2, 0.25) is 0 Å². The molecule has 0 saturated heterocycles. The molecule has 0 radical (unpaired) electrons. The number of hydrogen-bond donors (Lipinski definition) is 1. The molecule has 0 aliphatic rings. The van der Waals surface area contributed by atoms with Gasteiger partial charge in [-0.3, -0.25) is 4.79 Å². The molecule has 68 valence electrons. The van der Waals surface area contributed by atoms with Crippen molar-refractivity contribution in [3.05, 3.63) is 52.2 Å². The van der Waals surface area contributed by atoms with Crippen LogP contribution in [-0.4, -0.2) is 5.11 Å². The van der Waals surface area contributed by atoms with Gasteiger partial charge in [-0.05, 0) is 19.4 Å². The van der Waals surface area contributed by atoms with Crippen LogP contribution in [0.4, 0.5) is 0 Å². The van der Waals surface area contributed by atoms with Crippen LogP contribution in [0.15, 0.2) is 41.2 Å². The zero-order valence-corrected chi connectivity index (χ0v) is 7.53. The SMILES string of the molecule is C/C=C/Cc1ccccc(=O)c1O. The lowest BCUT2D eigenvalue weighted by atomic mass is 10.2. The van der Waals surface area contributed by atoms with E-state index >= 15 is 0 Å². The van der Waals surface area contributed by atoms with Crippen LogP contribution in [-0.2, 0) is 6.42 Å². The lowest BCUT2D eigenvalue weighted by molar-refractivity contribution is 0.465. The topological polar surface area (TPSA) is 37.3 Å². The monoisotopic (exact) mass is 176 g/mol. The second kappa shape index (κ2) is 4.45. The molecule has 2 heteroatoms. The molecule has 0 heterocycles. The lowest BCUT2D eigenvalue weighted by Gasteiger charge is -1.93. The first-order chi connectivity index (χ1) is 6.25. The Labute approximate surface area is 77.2 Å². The van der Waals surface area contributed by atoms with Gasteiger partial charge in [0.25, 0.3) is 0 Å². The number of allylic oxidation sites excluding steroid dienone is 2. The van der Waals surface area contributed by atoms with Crippen LogP contribution in [0, 0.1) is 0 Å². The highest BCUT2D eigenvalue weighted by molar-refractivity contribution is 5.32. The first kappa shape index (κ1) is 9.52. The van der Waals surface area contributed by atoms with Crippen molar-refractivity contribution >= 4 is 0 Å². The van der Waals surface area contributed by atoms with E-state index < -0.39 is 0 Å². The molecular formula is C11H12O2. The summed E-state index contributed by atoms with van der Waals surface area (Å²) in [6.07, 6.45) is 4.37. The standard InChI is InChI=1S/C11H12O2/c1-2-3-6-9-7-4-5-8-10(12)11(9)13/h2-5,7-8H,6H2,1H3,(H,12,13)/b3-2+. The molecule has 0 unspecified atom stereocenters. The highest BCUT2D eigenvalue weighted by atomic mass is 16.3. The van der Waals surface area contributed by atoms with Crippen molar-refractivity contribution < 1.29 is 5.11 Å². The molecule has 0 fully saturated rings. The van der Waals surface area contributed by atoms with E-state index in [-0.39, 0.29) is 11.2 Å². The fourth-order valence-corrected chi connectivity index (χ4v) is 1.04. The Morgan fingerprint density at radius 2 is 2.08 bits per heavy atom. The van der Waals surface area contributed by atoms with Gasteiger partial charge in [-0.15, -0.1) is 0 Å². The first-order valence-corrected chi connectivity index (χ1v) is 4.18. The van der Waals surface area contributed by atoms with E-state index in [9.17, 15) is 9.90 Å². The predicted octanol–water partition coefficient (Wildman–Crippen LogP) is 1.87. The Kier molecular flexibility index (Phi) is 3.26. The second-order valence-corrected chi connectivity index (χ2v) is 2.73. The minimum atomic E-state index is -0.329. The summed E-state index contributed by atoms with van der Waals surface area (Å²) in [6, 6.07) is 6.48. The molecular weight excluding hydrogens is 164 g/mol. The molecule has 1 N–H and O–H groups in total. The Hall–Kier alpha value is -1.57. The molecule has 2 nitrogen and oxygen atoms in total. The van der Waals surface area contributed by atoms with E-state index in [2.05, 4.69) is 0 Å². The van der Waals surface area contributed by atoms with Crippen molar-refractivity contribution in [3.63, 3.8) is 0 Å². The van der Waals surface area contributed by atoms with Gasteiger partial charge in [-0.2, -0.15) is 0 Å². The van der Waals surface area contributed by atoms with Crippen molar-refractivity contribution in [2.45, 2.75) is 13.3 Å². The van der Waals surface area contributed by atoms with Crippen molar-refractivity contribution in [1.29, 1.82) is 0 Å². The van der Waals surface area contributed by atoms with Gasteiger partial charge in [-0.1, -0.05) is 30.4 Å². The Morgan fingerprint density at radius 1 is 1.38 bits per heavy atom. The van der Waals surface area contributed by atoms with Crippen molar-refractivity contribution in [2.75, 3.05) is 0 Å². The van der Waals surface area contributed by atoms with Crippen LogP contribution in [0.25, 0.3) is 0 Å². The van der Waals surface area contributed by atoms with Crippen LogP contribution >= 0.6 is 0 Å². The van der Waals surface area contributed by atoms with Crippen molar-refractivity contribution in [3.8, 4) is 5.75 Å². The van der Waals surface area contributed by atoms with Crippen LogP contribution in [0.1, 0.15) is 12.5 Å². The molecule has 1 aromatic rings. The van der Waals surface area contributed by atoms with Crippen molar-refractivity contribution in [2.24, 2.45) is 0 Å². The van der Waals surface area contributed by atoms with Gasteiger partial charge in [0.1, 0.15) is 0 Å². The van der Waals surface area contributed by atoms with Gasteiger partial charge in [0, 0.05) is 5.56 Å². The highest BCUT2D eigenvalue weighted by Crippen LogP contribution is 2.10. The molecule has 0 aliphatic heterocycles. The van der Waals surface area contributed by atoms with Gasteiger partial charge >= 0.3 is 0 Å². The van der Waals surface area contributed by atoms with E-state index in [1.807, 2.05) is 19.1 Å². The van der Waals surface area contributed by atoms with Crippen LogP contribution in [0.5, 0.6) is 5.75 Å². The first-order valence-electron chi connectivity index (χ1n) is 4.18. The minimum Gasteiger partial charge on any atom is -0.504 e. The molecule has 0 aliphatic carbocycles. The second-order valence-electron chi connectivity index (χ2n) is 2.73. The van der Waals surface area contributed by atoms with Gasteiger partial charge in [0.05, 0.1) is 0 Å². The van der Waals surface area contributed by atoms with E-state index in [4.69, 9.17) is 0 Å². The van der Waals surface area contributed by atoms with Gasteiger partial charge in [-0.25, -0.2) is 0 Å². The smallest absolute Gasteiger partial charge is 0.220 e. The molecule has 1 rings (SSSR count). The number of hydrogen-bond acceptors (Lipinski definition) is 2. The Morgan fingerprint density at radius 3 is 2.77 bits per heavy atom. The molecule has 13 heavy (non-hydrogen) atoms. The van der Waals surface area contributed by atoms with E-state index in [0.717, 1.165) is 0 Å². The summed E-state index contributed by atoms with van der Waals surface area (Å²) in [7, 11) is 0. The van der Waals surface area contributed by atoms with E-state index in [1.54, 1.807) is 18.2 Å². The quantitative estimate of drug-likeness (QED) is 0.698. The maximum atomic E-state index is 11.1. The molecule has 1 aromatic carbocycles. The maximum Gasteiger partial charge on any atom is 0.220 e. The van der Waals surface area contributed by atoms with Gasteiger partial charge in [0.15, 0.2) is 5.75 Å². The third-order valence-electron chi connectivity index (χ3n) is 1.77. The largest absolute Gasteiger partial charge is 0.504 e. The van der Waals surface area contributed by atoms with Crippen LogP contribution in [0.3, 0.4) is 0 Å². The third-order valence-corrected chi connectivity index (χ3v) is 1.77. The fraction of sp³-hybridized carbons (Fsp3) is 0.182. The van der Waals surface area contributed by atoms with Gasteiger partial charge < -0.3 is 5.11 Å². The molecule has 0 bridgehead atoms. The summed E-state index contributed by atoms with van der Waals surface area (Å²) in [5.74, 6) is -0.150. The normalized spacial score (nSPS) is 10.5. The summed E-state index contributed by atoms with van der Waals surface area (Å²) in [5, 5.41) is 9.44. The zero-order chi connectivity index (χ0) is 9.68. The summed E-state index contributed by atoms with van der Waals surface area (Å²) in [4.78, 5) is 11.1. The fourth-order valence-electron chi connectivity index (χ4n) is 1.04. The average Bonchev–Trinajstić information content (AvgIpc) is 2.28. The summed E-state index contributed by atoms with van der Waals surface area (Å²) in [6.45, 7) is 1.90. The van der Waals surface area contributed by atoms with E-state index in [1.165, 1.54) is 6.07 Å². The van der Waals surface area contributed by atoms with Crippen molar-refractivity contribution in [1.82, 2.24) is 0 Å². The number of aromatic hydroxyl groups is 1. The summed E-state index contributed by atoms with van der Waals surface area (Å²) >= 11 is 0. The number of rotatable bonds is 2.